The van der Waals surface area contributed by atoms with Crippen molar-refractivity contribution in [2.45, 2.75) is 30.8 Å². The van der Waals surface area contributed by atoms with E-state index in [0.29, 0.717) is 6.42 Å². The molecule has 3 nitrogen and oxygen atoms in total. The first-order valence-electron chi connectivity index (χ1n) is 6.85. The number of aliphatic hydroxyl groups is 1. The van der Waals surface area contributed by atoms with E-state index in [4.69, 9.17) is 0 Å². The second-order valence-electron chi connectivity index (χ2n) is 5.28. The van der Waals surface area contributed by atoms with Crippen LogP contribution in [0.1, 0.15) is 35.6 Å². The van der Waals surface area contributed by atoms with Crippen molar-refractivity contribution in [2.24, 2.45) is 0 Å². The van der Waals surface area contributed by atoms with Gasteiger partial charge in [-0.25, -0.2) is 0 Å². The van der Waals surface area contributed by atoms with Crippen LogP contribution in [0.2, 0.25) is 0 Å². The van der Waals surface area contributed by atoms with Crippen LogP contribution >= 0.6 is 0 Å². The molecule has 0 radical (unpaired) electrons. The molecule has 1 aliphatic rings. The molecule has 2 atom stereocenters. The monoisotopic (exact) mass is 264 g/mol. The predicted molar refractivity (Wildman–Crippen MR) is 75.9 cm³/mol. The highest BCUT2D eigenvalue weighted by molar-refractivity contribution is 5.44. The van der Waals surface area contributed by atoms with Crippen molar-refractivity contribution in [2.75, 3.05) is 0 Å². The van der Waals surface area contributed by atoms with Gasteiger partial charge in [-0.3, -0.25) is 4.98 Å². The van der Waals surface area contributed by atoms with E-state index in [1.165, 1.54) is 5.56 Å². The van der Waals surface area contributed by atoms with Gasteiger partial charge in [-0.15, -0.1) is 0 Å². The molecular weight excluding hydrogens is 248 g/mol. The Morgan fingerprint density at radius 2 is 1.95 bits per heavy atom. The van der Waals surface area contributed by atoms with Crippen LogP contribution in [0.4, 0.5) is 0 Å². The quantitative estimate of drug-likeness (QED) is 0.907. The molecular formula is C17H16N2O. The van der Waals surface area contributed by atoms with Crippen molar-refractivity contribution in [3.05, 3.63) is 65.5 Å². The number of nitriles is 1. The standard InChI is InChI=1S/C17H16N2O/c18-12-17(16(20)14-7-10-19-11-8-14)9-3-5-13-4-1-2-6-15(13)17/h1-2,4,6-8,10-11,16,20H,3,5,9H2. The number of benzene rings is 1. The Morgan fingerprint density at radius 3 is 2.70 bits per heavy atom. The Bertz CT molecular complexity index is 648. The summed E-state index contributed by atoms with van der Waals surface area (Å²) in [6.07, 6.45) is 5.06. The fraction of sp³-hybridized carbons (Fsp3) is 0.294. The lowest BCUT2D eigenvalue weighted by Gasteiger charge is -2.37. The Kier molecular flexibility index (Phi) is 3.25. The molecule has 3 rings (SSSR count). The molecule has 0 amide bonds. The number of aryl methyl sites for hydroxylation is 1. The third kappa shape index (κ3) is 1.90. The molecule has 1 heterocycles. The first-order chi connectivity index (χ1) is 9.78. The lowest BCUT2D eigenvalue weighted by Crippen LogP contribution is -2.36. The van der Waals surface area contributed by atoms with Crippen LogP contribution in [0.15, 0.2) is 48.8 Å². The van der Waals surface area contributed by atoms with Gasteiger partial charge in [0.05, 0.1) is 6.07 Å². The van der Waals surface area contributed by atoms with Crippen molar-refractivity contribution in [3.8, 4) is 6.07 Å². The summed E-state index contributed by atoms with van der Waals surface area (Å²) in [7, 11) is 0. The Labute approximate surface area is 118 Å². The van der Waals surface area contributed by atoms with Gasteiger partial charge in [-0.1, -0.05) is 24.3 Å². The summed E-state index contributed by atoms with van der Waals surface area (Å²) >= 11 is 0. The summed E-state index contributed by atoms with van der Waals surface area (Å²) in [5.41, 5.74) is 2.04. The van der Waals surface area contributed by atoms with E-state index in [-0.39, 0.29) is 0 Å². The van der Waals surface area contributed by atoms with Crippen molar-refractivity contribution in [3.63, 3.8) is 0 Å². The van der Waals surface area contributed by atoms with Crippen LogP contribution in [-0.2, 0) is 11.8 Å². The predicted octanol–water partition coefficient (Wildman–Crippen LogP) is 2.91. The summed E-state index contributed by atoms with van der Waals surface area (Å²) in [5.74, 6) is 0. The number of rotatable bonds is 2. The number of aromatic nitrogens is 1. The van der Waals surface area contributed by atoms with Gasteiger partial charge in [0.1, 0.15) is 11.5 Å². The summed E-state index contributed by atoms with van der Waals surface area (Å²) in [6.45, 7) is 0. The number of pyridine rings is 1. The Balaban J connectivity index is 2.12. The third-order valence-corrected chi connectivity index (χ3v) is 4.20. The van der Waals surface area contributed by atoms with Gasteiger partial charge in [0, 0.05) is 12.4 Å². The van der Waals surface area contributed by atoms with E-state index in [1.54, 1.807) is 24.5 Å². The average Bonchev–Trinajstić information content (AvgIpc) is 2.54. The minimum atomic E-state index is -0.851. The zero-order chi connectivity index (χ0) is 14.0. The van der Waals surface area contributed by atoms with Crippen LogP contribution in [0.5, 0.6) is 0 Å². The number of hydrogen-bond donors (Lipinski definition) is 1. The molecule has 1 aromatic heterocycles. The molecule has 100 valence electrons. The molecule has 0 saturated carbocycles. The lowest BCUT2D eigenvalue weighted by atomic mass is 9.66. The maximum Gasteiger partial charge on any atom is 0.112 e. The van der Waals surface area contributed by atoms with E-state index < -0.39 is 11.5 Å². The molecule has 3 heteroatoms. The van der Waals surface area contributed by atoms with Crippen molar-refractivity contribution >= 4 is 0 Å². The smallest absolute Gasteiger partial charge is 0.112 e. The molecule has 0 fully saturated rings. The van der Waals surface area contributed by atoms with Gasteiger partial charge < -0.3 is 5.11 Å². The molecule has 20 heavy (non-hydrogen) atoms. The van der Waals surface area contributed by atoms with E-state index in [1.807, 2.05) is 18.2 Å². The minimum absolute atomic E-state index is 0.685. The van der Waals surface area contributed by atoms with Crippen molar-refractivity contribution in [1.82, 2.24) is 4.98 Å². The maximum absolute atomic E-state index is 10.8. The molecule has 2 aromatic rings. The summed E-state index contributed by atoms with van der Waals surface area (Å²) in [5, 5.41) is 20.6. The highest BCUT2D eigenvalue weighted by Gasteiger charge is 2.43. The number of fused-ring (bicyclic) bond motifs is 1. The Morgan fingerprint density at radius 1 is 1.20 bits per heavy atom. The molecule has 0 spiro atoms. The van der Waals surface area contributed by atoms with Gasteiger partial charge in [0.2, 0.25) is 0 Å². The van der Waals surface area contributed by atoms with E-state index in [9.17, 15) is 10.4 Å². The SMILES string of the molecule is N#CC1(C(O)c2ccncc2)CCCc2ccccc21. The van der Waals surface area contributed by atoms with Gasteiger partial charge in [-0.05, 0) is 48.1 Å². The lowest BCUT2D eigenvalue weighted by molar-refractivity contribution is 0.0995. The number of aliphatic hydroxyl groups excluding tert-OH is 1. The zero-order valence-electron chi connectivity index (χ0n) is 11.2. The fourth-order valence-electron chi connectivity index (χ4n) is 3.16. The normalized spacial score (nSPS) is 22.6. The second-order valence-corrected chi connectivity index (χ2v) is 5.28. The van der Waals surface area contributed by atoms with Crippen LogP contribution in [0, 0.1) is 11.3 Å². The molecule has 1 N–H and O–H groups in total. The van der Waals surface area contributed by atoms with E-state index >= 15 is 0 Å². The van der Waals surface area contributed by atoms with Crippen LogP contribution < -0.4 is 0 Å². The van der Waals surface area contributed by atoms with Gasteiger partial charge in [0.15, 0.2) is 0 Å². The number of nitrogens with zero attached hydrogens (tertiary/aromatic N) is 2. The average molecular weight is 264 g/mol. The molecule has 1 aliphatic carbocycles. The molecule has 2 unspecified atom stereocenters. The van der Waals surface area contributed by atoms with Gasteiger partial charge >= 0.3 is 0 Å². The Hall–Kier alpha value is -2.18. The van der Waals surface area contributed by atoms with Crippen molar-refractivity contribution < 1.29 is 5.11 Å². The first kappa shape index (κ1) is 12.8. The fourth-order valence-corrected chi connectivity index (χ4v) is 3.16. The van der Waals surface area contributed by atoms with Crippen molar-refractivity contribution in [1.29, 1.82) is 5.26 Å². The van der Waals surface area contributed by atoms with E-state index in [0.717, 1.165) is 24.0 Å². The first-order valence-corrected chi connectivity index (χ1v) is 6.85. The van der Waals surface area contributed by atoms with E-state index in [2.05, 4.69) is 17.1 Å². The highest BCUT2D eigenvalue weighted by Crippen LogP contribution is 2.45. The van der Waals surface area contributed by atoms with Crippen LogP contribution in [0.3, 0.4) is 0 Å². The molecule has 0 saturated heterocycles. The second kappa shape index (κ2) is 5.07. The molecule has 1 aromatic carbocycles. The summed E-state index contributed by atoms with van der Waals surface area (Å²) in [6, 6.07) is 13.9. The highest BCUT2D eigenvalue weighted by atomic mass is 16.3. The third-order valence-electron chi connectivity index (χ3n) is 4.20. The summed E-state index contributed by atoms with van der Waals surface area (Å²) in [4.78, 5) is 3.97. The maximum atomic E-state index is 10.8. The van der Waals surface area contributed by atoms with Gasteiger partial charge in [-0.2, -0.15) is 5.26 Å². The topological polar surface area (TPSA) is 56.9 Å². The largest absolute Gasteiger partial charge is 0.386 e. The van der Waals surface area contributed by atoms with Crippen LogP contribution in [0.25, 0.3) is 0 Å². The summed E-state index contributed by atoms with van der Waals surface area (Å²) < 4.78 is 0. The van der Waals surface area contributed by atoms with Crippen LogP contribution in [-0.4, -0.2) is 10.1 Å². The zero-order valence-corrected chi connectivity index (χ0v) is 11.2. The minimum Gasteiger partial charge on any atom is -0.386 e. The molecule has 0 aliphatic heterocycles. The molecule has 0 bridgehead atoms. The number of hydrogen-bond acceptors (Lipinski definition) is 3. The van der Waals surface area contributed by atoms with Gasteiger partial charge in [0.25, 0.3) is 0 Å².